The standard InChI is InChI=1S/C14H13BrClNO/c1-9-6-12(18)4-5-14(9)17-8-10-2-3-11(15)7-13(10)16/h2-7,17-18H,8H2,1H3. The number of phenols is 1. The molecule has 0 saturated heterocycles. The fraction of sp³-hybridized carbons (Fsp3) is 0.143. The minimum atomic E-state index is 0.278. The smallest absolute Gasteiger partial charge is 0.115 e. The number of phenolic OH excluding ortho intramolecular Hbond substituents is 1. The predicted molar refractivity (Wildman–Crippen MR) is 79.3 cm³/mol. The summed E-state index contributed by atoms with van der Waals surface area (Å²) in [6.07, 6.45) is 0. The lowest BCUT2D eigenvalue weighted by atomic mass is 10.1. The molecule has 0 aromatic heterocycles. The predicted octanol–water partition coefficient (Wildman–Crippen LogP) is 4.73. The van der Waals surface area contributed by atoms with Crippen molar-refractivity contribution in [2.45, 2.75) is 13.5 Å². The normalized spacial score (nSPS) is 10.4. The Morgan fingerprint density at radius 2 is 2.00 bits per heavy atom. The molecule has 2 N–H and O–H groups in total. The summed E-state index contributed by atoms with van der Waals surface area (Å²) in [5.41, 5.74) is 3.03. The highest BCUT2D eigenvalue weighted by atomic mass is 79.9. The summed E-state index contributed by atoms with van der Waals surface area (Å²) in [4.78, 5) is 0. The molecule has 2 aromatic carbocycles. The van der Waals surface area contributed by atoms with E-state index in [4.69, 9.17) is 11.6 Å². The molecule has 4 heteroatoms. The molecule has 0 aliphatic heterocycles. The average molecular weight is 327 g/mol. The zero-order chi connectivity index (χ0) is 13.1. The van der Waals surface area contributed by atoms with Gasteiger partial charge in [0.15, 0.2) is 0 Å². The molecule has 2 nitrogen and oxygen atoms in total. The third kappa shape index (κ3) is 3.18. The number of anilines is 1. The van der Waals surface area contributed by atoms with Gasteiger partial charge in [-0.1, -0.05) is 33.6 Å². The Balaban J connectivity index is 2.11. The number of hydrogen-bond acceptors (Lipinski definition) is 2. The summed E-state index contributed by atoms with van der Waals surface area (Å²) in [5, 5.41) is 13.4. The summed E-state index contributed by atoms with van der Waals surface area (Å²) in [7, 11) is 0. The summed E-state index contributed by atoms with van der Waals surface area (Å²) in [5.74, 6) is 0.278. The van der Waals surface area contributed by atoms with Gasteiger partial charge in [-0.25, -0.2) is 0 Å². The zero-order valence-corrected chi connectivity index (χ0v) is 12.2. The third-order valence-electron chi connectivity index (χ3n) is 2.69. The Bertz CT molecular complexity index is 520. The van der Waals surface area contributed by atoms with Crippen LogP contribution in [0.5, 0.6) is 5.75 Å². The monoisotopic (exact) mass is 325 g/mol. The van der Waals surface area contributed by atoms with Crippen molar-refractivity contribution < 1.29 is 5.11 Å². The van der Waals surface area contributed by atoms with Crippen molar-refractivity contribution in [2.24, 2.45) is 0 Å². The number of benzene rings is 2. The van der Waals surface area contributed by atoms with E-state index >= 15 is 0 Å². The van der Waals surface area contributed by atoms with Gasteiger partial charge in [-0.05, 0) is 48.4 Å². The molecule has 0 heterocycles. The van der Waals surface area contributed by atoms with Crippen LogP contribution in [0.25, 0.3) is 0 Å². The van der Waals surface area contributed by atoms with Crippen LogP contribution in [0, 0.1) is 6.92 Å². The van der Waals surface area contributed by atoms with Crippen LogP contribution in [0.3, 0.4) is 0 Å². The van der Waals surface area contributed by atoms with E-state index in [2.05, 4.69) is 21.2 Å². The van der Waals surface area contributed by atoms with Gasteiger partial charge in [-0.3, -0.25) is 0 Å². The maximum Gasteiger partial charge on any atom is 0.115 e. The van der Waals surface area contributed by atoms with Gasteiger partial charge in [-0.15, -0.1) is 0 Å². The van der Waals surface area contributed by atoms with Crippen LogP contribution in [0.1, 0.15) is 11.1 Å². The molecule has 0 spiro atoms. The van der Waals surface area contributed by atoms with Gasteiger partial charge in [0.1, 0.15) is 5.75 Å². The van der Waals surface area contributed by atoms with Crippen molar-refractivity contribution in [3.8, 4) is 5.75 Å². The van der Waals surface area contributed by atoms with Crippen molar-refractivity contribution in [1.82, 2.24) is 0 Å². The van der Waals surface area contributed by atoms with Crippen molar-refractivity contribution in [1.29, 1.82) is 0 Å². The lowest BCUT2D eigenvalue weighted by Gasteiger charge is -2.11. The quantitative estimate of drug-likeness (QED) is 0.799. The van der Waals surface area contributed by atoms with E-state index in [1.807, 2.05) is 31.2 Å². The first-order valence-electron chi connectivity index (χ1n) is 5.53. The molecule has 94 valence electrons. The SMILES string of the molecule is Cc1cc(O)ccc1NCc1ccc(Br)cc1Cl. The number of halogens is 2. The summed E-state index contributed by atoms with van der Waals surface area (Å²) in [6.45, 7) is 2.60. The first kappa shape index (κ1) is 13.2. The van der Waals surface area contributed by atoms with Crippen LogP contribution in [-0.4, -0.2) is 5.11 Å². The van der Waals surface area contributed by atoms with E-state index in [9.17, 15) is 5.11 Å². The van der Waals surface area contributed by atoms with Crippen LogP contribution in [0.4, 0.5) is 5.69 Å². The van der Waals surface area contributed by atoms with Crippen molar-refractivity contribution in [3.05, 3.63) is 57.0 Å². The second-order valence-corrected chi connectivity index (χ2v) is 5.41. The van der Waals surface area contributed by atoms with Gasteiger partial charge in [-0.2, -0.15) is 0 Å². The maximum atomic E-state index is 9.34. The van der Waals surface area contributed by atoms with Gasteiger partial charge < -0.3 is 10.4 Å². The Hall–Kier alpha value is -1.19. The van der Waals surface area contributed by atoms with Gasteiger partial charge in [0.05, 0.1) is 0 Å². The molecule has 0 amide bonds. The van der Waals surface area contributed by atoms with Gasteiger partial charge in [0, 0.05) is 21.7 Å². The largest absolute Gasteiger partial charge is 0.508 e. The number of aromatic hydroxyl groups is 1. The molecular weight excluding hydrogens is 314 g/mol. The molecule has 2 rings (SSSR count). The van der Waals surface area contributed by atoms with Gasteiger partial charge in [0.25, 0.3) is 0 Å². The topological polar surface area (TPSA) is 32.3 Å². The molecule has 18 heavy (non-hydrogen) atoms. The molecular formula is C14H13BrClNO. The Kier molecular flexibility index (Phi) is 4.15. The molecule has 2 aromatic rings. The lowest BCUT2D eigenvalue weighted by Crippen LogP contribution is -2.01. The fourth-order valence-corrected chi connectivity index (χ4v) is 2.44. The van der Waals surface area contributed by atoms with Crippen LogP contribution in [0.15, 0.2) is 40.9 Å². The van der Waals surface area contributed by atoms with E-state index in [-0.39, 0.29) is 5.75 Å². The highest BCUT2D eigenvalue weighted by Crippen LogP contribution is 2.24. The molecule has 0 atom stereocenters. The first-order chi connectivity index (χ1) is 8.56. The molecule has 0 aliphatic rings. The van der Waals surface area contributed by atoms with E-state index < -0.39 is 0 Å². The summed E-state index contributed by atoms with van der Waals surface area (Å²) >= 11 is 9.53. The summed E-state index contributed by atoms with van der Waals surface area (Å²) in [6, 6.07) is 11.1. The molecule has 0 radical (unpaired) electrons. The number of aryl methyl sites for hydroxylation is 1. The minimum absolute atomic E-state index is 0.278. The van der Waals surface area contributed by atoms with E-state index in [0.717, 1.165) is 26.3 Å². The minimum Gasteiger partial charge on any atom is -0.508 e. The van der Waals surface area contributed by atoms with E-state index in [0.29, 0.717) is 6.54 Å². The average Bonchev–Trinajstić information content (AvgIpc) is 2.30. The molecule has 0 unspecified atom stereocenters. The highest BCUT2D eigenvalue weighted by molar-refractivity contribution is 9.10. The first-order valence-corrected chi connectivity index (χ1v) is 6.71. The Morgan fingerprint density at radius 3 is 2.67 bits per heavy atom. The van der Waals surface area contributed by atoms with E-state index in [1.54, 1.807) is 12.1 Å². The molecule has 0 saturated carbocycles. The van der Waals surface area contributed by atoms with E-state index in [1.165, 1.54) is 0 Å². The van der Waals surface area contributed by atoms with Crippen LogP contribution in [-0.2, 0) is 6.54 Å². The highest BCUT2D eigenvalue weighted by Gasteiger charge is 2.03. The van der Waals surface area contributed by atoms with Crippen LogP contribution >= 0.6 is 27.5 Å². The van der Waals surface area contributed by atoms with Crippen LogP contribution in [0.2, 0.25) is 5.02 Å². The Morgan fingerprint density at radius 1 is 1.22 bits per heavy atom. The maximum absolute atomic E-state index is 9.34. The Labute approximate surface area is 120 Å². The second kappa shape index (κ2) is 5.63. The zero-order valence-electron chi connectivity index (χ0n) is 9.87. The van der Waals surface area contributed by atoms with Crippen molar-refractivity contribution >= 4 is 33.2 Å². The van der Waals surface area contributed by atoms with Crippen LogP contribution < -0.4 is 5.32 Å². The molecule has 0 aliphatic carbocycles. The number of nitrogens with one attached hydrogen (secondary N) is 1. The van der Waals surface area contributed by atoms with Gasteiger partial charge >= 0.3 is 0 Å². The number of hydrogen-bond donors (Lipinski definition) is 2. The third-order valence-corrected chi connectivity index (χ3v) is 3.54. The summed E-state index contributed by atoms with van der Waals surface area (Å²) < 4.78 is 0.970. The lowest BCUT2D eigenvalue weighted by molar-refractivity contribution is 0.475. The van der Waals surface area contributed by atoms with Gasteiger partial charge in [0.2, 0.25) is 0 Å². The van der Waals surface area contributed by atoms with Crippen molar-refractivity contribution in [2.75, 3.05) is 5.32 Å². The fourth-order valence-electron chi connectivity index (χ4n) is 1.70. The molecule has 0 fully saturated rings. The molecule has 0 bridgehead atoms. The second-order valence-electron chi connectivity index (χ2n) is 4.09. The van der Waals surface area contributed by atoms with Crippen molar-refractivity contribution in [3.63, 3.8) is 0 Å². The number of rotatable bonds is 3.